The maximum atomic E-state index is 5.38. The van der Waals surface area contributed by atoms with Crippen LogP contribution in [-0.4, -0.2) is 12.9 Å². The summed E-state index contributed by atoms with van der Waals surface area (Å²) in [5, 5.41) is 0. The molecule has 1 fully saturated rings. The number of amidine groups is 1. The first-order valence-electron chi connectivity index (χ1n) is 4.81. The van der Waals surface area contributed by atoms with Crippen LogP contribution in [0.25, 0.3) is 0 Å². The largest absolute Gasteiger partial charge is 0.312 e. The number of aliphatic imine (C=N–C) groups is 1. The van der Waals surface area contributed by atoms with Crippen LogP contribution < -0.4 is 11.3 Å². The van der Waals surface area contributed by atoms with Gasteiger partial charge in [-0.05, 0) is 12.8 Å². The number of nitrogens with zero attached hydrogens (tertiary/aromatic N) is 1. The first-order chi connectivity index (χ1) is 5.88. The van der Waals surface area contributed by atoms with E-state index in [0.29, 0.717) is 5.92 Å². The first kappa shape index (κ1) is 9.52. The van der Waals surface area contributed by atoms with Gasteiger partial charge in [0.2, 0.25) is 0 Å². The number of hydrazine groups is 1. The van der Waals surface area contributed by atoms with Crippen LogP contribution in [0.15, 0.2) is 4.99 Å². The molecule has 0 aromatic heterocycles. The van der Waals surface area contributed by atoms with Crippen molar-refractivity contribution in [2.45, 2.75) is 38.5 Å². The number of hydrogen-bond acceptors (Lipinski definition) is 2. The molecule has 0 aliphatic heterocycles. The Hall–Kier alpha value is -0.570. The van der Waals surface area contributed by atoms with E-state index < -0.39 is 0 Å². The van der Waals surface area contributed by atoms with E-state index >= 15 is 0 Å². The van der Waals surface area contributed by atoms with Crippen LogP contribution in [0, 0.1) is 5.92 Å². The number of hydrogen-bond donors (Lipinski definition) is 2. The van der Waals surface area contributed by atoms with Crippen LogP contribution in [0.3, 0.4) is 0 Å². The lowest BCUT2D eigenvalue weighted by Crippen LogP contribution is -2.36. The molecule has 0 aromatic carbocycles. The zero-order chi connectivity index (χ0) is 8.81. The predicted molar refractivity (Wildman–Crippen MR) is 51.9 cm³/mol. The quantitative estimate of drug-likeness (QED) is 0.205. The van der Waals surface area contributed by atoms with Crippen LogP contribution in [0.4, 0.5) is 0 Å². The lowest BCUT2D eigenvalue weighted by Gasteiger charge is -2.15. The molecule has 70 valence electrons. The summed E-state index contributed by atoms with van der Waals surface area (Å²) in [6.45, 7) is 0. The van der Waals surface area contributed by atoms with Crippen LogP contribution >= 0.6 is 0 Å². The summed E-state index contributed by atoms with van der Waals surface area (Å²) < 4.78 is 0. The molecule has 3 N–H and O–H groups in total. The number of nitrogens with two attached hydrogens (primary N) is 1. The second kappa shape index (κ2) is 5.14. The third-order valence-electron chi connectivity index (χ3n) is 2.63. The van der Waals surface area contributed by atoms with Crippen LogP contribution in [0.1, 0.15) is 38.5 Å². The van der Waals surface area contributed by atoms with Gasteiger partial charge in [0.25, 0.3) is 0 Å². The Labute approximate surface area is 74.4 Å². The van der Waals surface area contributed by atoms with Gasteiger partial charge in [0, 0.05) is 13.0 Å². The molecule has 1 aliphatic rings. The molecule has 3 nitrogen and oxygen atoms in total. The third kappa shape index (κ3) is 2.48. The van der Waals surface area contributed by atoms with E-state index in [0.717, 1.165) is 5.84 Å². The normalized spacial score (nSPS) is 22.0. The number of rotatable bonds is 1. The van der Waals surface area contributed by atoms with E-state index in [9.17, 15) is 0 Å². The Morgan fingerprint density at radius 2 is 1.83 bits per heavy atom. The summed E-state index contributed by atoms with van der Waals surface area (Å²) in [6, 6.07) is 0. The molecule has 1 aliphatic carbocycles. The molecule has 0 spiro atoms. The molecule has 0 saturated heterocycles. The highest BCUT2D eigenvalue weighted by Crippen LogP contribution is 2.22. The van der Waals surface area contributed by atoms with Gasteiger partial charge in [-0.3, -0.25) is 4.99 Å². The van der Waals surface area contributed by atoms with Gasteiger partial charge < -0.3 is 5.43 Å². The smallest absolute Gasteiger partial charge is 0.113 e. The zero-order valence-corrected chi connectivity index (χ0v) is 7.84. The van der Waals surface area contributed by atoms with Crippen molar-refractivity contribution in [1.82, 2.24) is 5.43 Å². The highest BCUT2D eigenvalue weighted by Gasteiger charge is 2.16. The van der Waals surface area contributed by atoms with Gasteiger partial charge in [-0.15, -0.1) is 0 Å². The van der Waals surface area contributed by atoms with Crippen molar-refractivity contribution in [3.8, 4) is 0 Å². The molecule has 0 amide bonds. The SMILES string of the molecule is CN=C(NN)C1CCCCCC1. The van der Waals surface area contributed by atoms with Crippen LogP contribution in [0.5, 0.6) is 0 Å². The minimum absolute atomic E-state index is 0.586. The van der Waals surface area contributed by atoms with E-state index in [1.165, 1.54) is 38.5 Å². The summed E-state index contributed by atoms with van der Waals surface area (Å²) >= 11 is 0. The molecule has 1 rings (SSSR count). The second-order valence-electron chi connectivity index (χ2n) is 3.44. The molecule has 0 radical (unpaired) electrons. The molecule has 0 bridgehead atoms. The van der Waals surface area contributed by atoms with Crippen molar-refractivity contribution in [3.63, 3.8) is 0 Å². The second-order valence-corrected chi connectivity index (χ2v) is 3.44. The van der Waals surface area contributed by atoms with E-state index in [4.69, 9.17) is 5.84 Å². The lowest BCUT2D eigenvalue weighted by atomic mass is 9.99. The Morgan fingerprint density at radius 1 is 1.25 bits per heavy atom. The maximum Gasteiger partial charge on any atom is 0.113 e. The standard InChI is InChI=1S/C9H19N3/c1-11-9(12-10)8-6-4-2-3-5-7-8/h8H,2-7,10H2,1H3,(H,11,12). The summed E-state index contributed by atoms with van der Waals surface area (Å²) in [7, 11) is 1.81. The Bertz CT molecular complexity index is 146. The Balaban J connectivity index is 2.47. The number of nitrogens with one attached hydrogen (secondary N) is 1. The molecule has 3 heteroatoms. The molecular formula is C9H19N3. The monoisotopic (exact) mass is 169 g/mol. The van der Waals surface area contributed by atoms with Crippen molar-refractivity contribution in [2.24, 2.45) is 16.8 Å². The highest BCUT2D eigenvalue weighted by atomic mass is 15.2. The van der Waals surface area contributed by atoms with E-state index in [1.807, 2.05) is 0 Å². The molecule has 0 heterocycles. The highest BCUT2D eigenvalue weighted by molar-refractivity contribution is 5.83. The fourth-order valence-electron chi connectivity index (χ4n) is 1.92. The van der Waals surface area contributed by atoms with E-state index in [-0.39, 0.29) is 0 Å². The van der Waals surface area contributed by atoms with Crippen LogP contribution in [0.2, 0.25) is 0 Å². The summed E-state index contributed by atoms with van der Waals surface area (Å²) in [6.07, 6.45) is 7.89. The van der Waals surface area contributed by atoms with Gasteiger partial charge in [0.05, 0.1) is 0 Å². The zero-order valence-electron chi connectivity index (χ0n) is 7.84. The van der Waals surface area contributed by atoms with Gasteiger partial charge in [0.1, 0.15) is 5.84 Å². The summed E-state index contributed by atoms with van der Waals surface area (Å²) in [5.41, 5.74) is 2.70. The maximum absolute atomic E-state index is 5.38. The predicted octanol–water partition coefficient (Wildman–Crippen LogP) is 1.45. The van der Waals surface area contributed by atoms with Crippen molar-refractivity contribution in [2.75, 3.05) is 7.05 Å². The molecule has 0 unspecified atom stereocenters. The van der Waals surface area contributed by atoms with Crippen molar-refractivity contribution in [3.05, 3.63) is 0 Å². The summed E-state index contributed by atoms with van der Waals surface area (Å²) in [4.78, 5) is 4.15. The topological polar surface area (TPSA) is 50.4 Å². The van der Waals surface area contributed by atoms with Crippen LogP contribution in [-0.2, 0) is 0 Å². The van der Waals surface area contributed by atoms with Gasteiger partial charge >= 0.3 is 0 Å². The average Bonchev–Trinajstić information content (AvgIpc) is 2.35. The Kier molecular flexibility index (Phi) is 4.08. The molecule has 1 saturated carbocycles. The molecule has 0 atom stereocenters. The fraction of sp³-hybridized carbons (Fsp3) is 0.889. The lowest BCUT2D eigenvalue weighted by molar-refractivity contribution is 0.573. The van der Waals surface area contributed by atoms with E-state index in [1.54, 1.807) is 7.05 Å². The van der Waals surface area contributed by atoms with Gasteiger partial charge in [-0.2, -0.15) is 0 Å². The molecular weight excluding hydrogens is 150 g/mol. The Morgan fingerprint density at radius 3 is 2.25 bits per heavy atom. The average molecular weight is 169 g/mol. The van der Waals surface area contributed by atoms with E-state index in [2.05, 4.69) is 10.4 Å². The van der Waals surface area contributed by atoms with Gasteiger partial charge in [-0.1, -0.05) is 25.7 Å². The molecule has 0 aromatic rings. The third-order valence-corrected chi connectivity index (χ3v) is 2.63. The van der Waals surface area contributed by atoms with Gasteiger partial charge in [-0.25, -0.2) is 5.84 Å². The minimum Gasteiger partial charge on any atom is -0.312 e. The van der Waals surface area contributed by atoms with Gasteiger partial charge in [0.15, 0.2) is 0 Å². The van der Waals surface area contributed by atoms with Crippen molar-refractivity contribution >= 4 is 5.84 Å². The summed E-state index contributed by atoms with van der Waals surface area (Å²) in [5.74, 6) is 6.95. The van der Waals surface area contributed by atoms with Crippen molar-refractivity contribution < 1.29 is 0 Å². The fourth-order valence-corrected chi connectivity index (χ4v) is 1.92. The van der Waals surface area contributed by atoms with Crippen molar-refractivity contribution in [1.29, 1.82) is 0 Å². The first-order valence-corrected chi connectivity index (χ1v) is 4.81. The molecule has 12 heavy (non-hydrogen) atoms. The minimum atomic E-state index is 0.586.